The number of nitrogens with one attached hydrogen (secondary N) is 2. The fourth-order valence-electron chi connectivity index (χ4n) is 4.98. The lowest BCUT2D eigenvalue weighted by Gasteiger charge is -2.29. The van der Waals surface area contributed by atoms with Crippen molar-refractivity contribution in [2.45, 2.75) is 31.0 Å². The molecule has 1 saturated heterocycles. The highest BCUT2D eigenvalue weighted by Crippen LogP contribution is 2.39. The number of nitrogens with zero attached hydrogens (tertiary/aromatic N) is 2. The molecule has 4 N–H and O–H groups in total. The standard InChI is InChI=1S/C30H27F2IN4O5/c1-16(17-5-3-2-4-6-17)27(28-34-13-24(35-28)25-22(31)11-19(33)12-23(25)32)37-29(40)26(36-30(37)41)18-7-9-20(10-8-18)42-21(14-38)15-39/h2-13,16,21,26-27,38-39H,14-15H2,1H3,(H,34,35)(H,36,41)/t16-,26+,27-/m0/s1. The van der Waals surface area contributed by atoms with Gasteiger partial charge in [-0.3, -0.25) is 9.69 Å². The minimum absolute atomic E-state index is 0.0740. The second-order valence-corrected chi connectivity index (χ2v) is 11.1. The molecular formula is C30H27F2IN4O5. The van der Waals surface area contributed by atoms with Crippen molar-refractivity contribution in [3.8, 4) is 17.0 Å². The first-order valence-electron chi connectivity index (χ1n) is 13.1. The van der Waals surface area contributed by atoms with E-state index in [1.54, 1.807) is 24.3 Å². The third-order valence-electron chi connectivity index (χ3n) is 7.12. The number of amides is 3. The smallest absolute Gasteiger partial charge is 0.325 e. The lowest BCUT2D eigenvalue weighted by atomic mass is 9.91. The lowest BCUT2D eigenvalue weighted by molar-refractivity contribution is -0.129. The molecule has 1 aromatic heterocycles. The molecule has 0 radical (unpaired) electrons. The zero-order valence-corrected chi connectivity index (χ0v) is 24.5. The molecule has 0 spiro atoms. The van der Waals surface area contributed by atoms with Crippen molar-refractivity contribution in [1.82, 2.24) is 20.2 Å². The fraction of sp³-hybridized carbons (Fsp3) is 0.233. The number of benzene rings is 3. The summed E-state index contributed by atoms with van der Waals surface area (Å²) in [5.41, 5.74) is 1.09. The van der Waals surface area contributed by atoms with Gasteiger partial charge in [0.05, 0.1) is 30.7 Å². The van der Waals surface area contributed by atoms with Gasteiger partial charge in [0.15, 0.2) is 0 Å². The van der Waals surface area contributed by atoms with Gasteiger partial charge in [0.25, 0.3) is 5.91 Å². The fourth-order valence-corrected chi connectivity index (χ4v) is 5.53. The van der Waals surface area contributed by atoms with Gasteiger partial charge >= 0.3 is 6.03 Å². The summed E-state index contributed by atoms with van der Waals surface area (Å²) in [6.07, 6.45) is 0.494. The van der Waals surface area contributed by atoms with Crippen molar-refractivity contribution in [3.63, 3.8) is 0 Å². The normalized spacial score (nSPS) is 16.5. The van der Waals surface area contributed by atoms with Crippen LogP contribution >= 0.6 is 22.6 Å². The second kappa shape index (κ2) is 12.5. The number of imidazole rings is 1. The Hall–Kier alpha value is -3.88. The van der Waals surface area contributed by atoms with Gasteiger partial charge in [0.2, 0.25) is 0 Å². The summed E-state index contributed by atoms with van der Waals surface area (Å²) in [6.45, 7) is 1.10. The van der Waals surface area contributed by atoms with E-state index in [1.807, 2.05) is 59.8 Å². The highest BCUT2D eigenvalue weighted by atomic mass is 127. The number of imide groups is 1. The molecule has 3 atom stereocenters. The van der Waals surface area contributed by atoms with E-state index < -0.39 is 47.7 Å². The molecule has 0 bridgehead atoms. The summed E-state index contributed by atoms with van der Waals surface area (Å²) in [5, 5.41) is 21.2. The van der Waals surface area contributed by atoms with Gasteiger partial charge in [0.1, 0.15) is 41.4 Å². The van der Waals surface area contributed by atoms with Crippen LogP contribution in [-0.2, 0) is 4.79 Å². The Labute approximate surface area is 253 Å². The van der Waals surface area contributed by atoms with E-state index in [0.29, 0.717) is 14.9 Å². The number of carbonyl (C=O) groups is 2. The van der Waals surface area contributed by atoms with Crippen molar-refractivity contribution >= 4 is 34.5 Å². The minimum atomic E-state index is -1.01. The second-order valence-electron chi connectivity index (χ2n) is 9.84. The summed E-state index contributed by atoms with van der Waals surface area (Å²) in [7, 11) is 0. The van der Waals surface area contributed by atoms with E-state index in [2.05, 4.69) is 15.3 Å². The predicted molar refractivity (Wildman–Crippen MR) is 157 cm³/mol. The number of carbonyl (C=O) groups excluding carboxylic acids is 2. The van der Waals surface area contributed by atoms with Gasteiger partial charge in [-0.15, -0.1) is 0 Å². The number of H-pyrrole nitrogens is 1. The topological polar surface area (TPSA) is 128 Å². The van der Waals surface area contributed by atoms with Gasteiger partial charge in [-0.05, 0) is 58.0 Å². The quantitative estimate of drug-likeness (QED) is 0.140. The molecule has 218 valence electrons. The molecule has 0 aliphatic carbocycles. The van der Waals surface area contributed by atoms with Crippen LogP contribution in [0.2, 0.25) is 0 Å². The summed E-state index contributed by atoms with van der Waals surface area (Å²) in [6, 6.07) is 15.4. The maximum atomic E-state index is 14.8. The molecule has 1 aliphatic rings. The monoisotopic (exact) mass is 688 g/mol. The molecule has 4 aromatic rings. The molecule has 0 saturated carbocycles. The zero-order chi connectivity index (χ0) is 30.0. The first-order valence-corrected chi connectivity index (χ1v) is 14.2. The SMILES string of the molecule is C[C@@H](c1ccccc1)[C@@H](c1ncc(-c2c(F)cc(I)cc2F)[nH]1)N1C(=O)N[C@H](c2ccc(OC(CO)CO)cc2)C1=O. The van der Waals surface area contributed by atoms with Crippen LogP contribution < -0.4 is 10.1 Å². The van der Waals surface area contributed by atoms with E-state index >= 15 is 0 Å². The molecule has 5 rings (SSSR count). The van der Waals surface area contributed by atoms with Crippen LogP contribution in [-0.4, -0.2) is 56.3 Å². The first kappa shape index (κ1) is 29.6. The van der Waals surface area contributed by atoms with Gasteiger partial charge < -0.3 is 25.3 Å². The van der Waals surface area contributed by atoms with Crippen LogP contribution in [0, 0.1) is 15.2 Å². The number of ether oxygens (including phenoxy) is 1. The van der Waals surface area contributed by atoms with Crippen LogP contribution in [0.5, 0.6) is 5.75 Å². The average molecular weight is 688 g/mol. The molecular weight excluding hydrogens is 661 g/mol. The summed E-state index contributed by atoms with van der Waals surface area (Å²) in [5.74, 6) is -1.97. The van der Waals surface area contributed by atoms with Gasteiger partial charge in [-0.25, -0.2) is 18.6 Å². The predicted octanol–water partition coefficient (Wildman–Crippen LogP) is 4.83. The van der Waals surface area contributed by atoms with E-state index in [0.717, 1.165) is 10.5 Å². The summed E-state index contributed by atoms with van der Waals surface area (Å²) < 4.78 is 35.4. The lowest BCUT2D eigenvalue weighted by Crippen LogP contribution is -2.38. The Balaban J connectivity index is 1.49. The minimum Gasteiger partial charge on any atom is -0.486 e. The molecule has 3 aromatic carbocycles. The first-order chi connectivity index (χ1) is 20.2. The number of hydrogen-bond acceptors (Lipinski definition) is 6. The van der Waals surface area contributed by atoms with E-state index in [1.165, 1.54) is 18.3 Å². The van der Waals surface area contributed by atoms with Gasteiger partial charge in [-0.1, -0.05) is 49.4 Å². The number of urea groups is 1. The van der Waals surface area contributed by atoms with E-state index in [-0.39, 0.29) is 30.3 Å². The molecule has 3 amide bonds. The number of aliphatic hydroxyl groups excluding tert-OH is 2. The molecule has 2 heterocycles. The summed E-state index contributed by atoms with van der Waals surface area (Å²) >= 11 is 1.82. The Morgan fingerprint density at radius 1 is 1.02 bits per heavy atom. The number of hydrogen-bond donors (Lipinski definition) is 4. The Morgan fingerprint density at radius 2 is 1.67 bits per heavy atom. The van der Waals surface area contributed by atoms with Crippen LogP contribution in [0.1, 0.15) is 41.9 Å². The van der Waals surface area contributed by atoms with Crippen LogP contribution in [0.3, 0.4) is 0 Å². The molecule has 1 fully saturated rings. The van der Waals surface area contributed by atoms with Crippen molar-refractivity contribution in [2.75, 3.05) is 13.2 Å². The van der Waals surface area contributed by atoms with Crippen LogP contribution in [0.4, 0.5) is 13.6 Å². The molecule has 9 nitrogen and oxygen atoms in total. The molecule has 12 heteroatoms. The van der Waals surface area contributed by atoms with Crippen molar-refractivity contribution < 1.29 is 33.3 Å². The number of aromatic amines is 1. The highest BCUT2D eigenvalue weighted by molar-refractivity contribution is 14.1. The van der Waals surface area contributed by atoms with E-state index in [9.17, 15) is 28.6 Å². The van der Waals surface area contributed by atoms with Crippen molar-refractivity contribution in [2.24, 2.45) is 0 Å². The van der Waals surface area contributed by atoms with Crippen LogP contribution in [0.15, 0.2) is 72.9 Å². The summed E-state index contributed by atoms with van der Waals surface area (Å²) in [4.78, 5) is 35.7. The maximum Gasteiger partial charge on any atom is 0.325 e. The Bertz CT molecular complexity index is 1560. The Kier molecular flexibility index (Phi) is 8.85. The van der Waals surface area contributed by atoms with Crippen molar-refractivity contribution in [1.29, 1.82) is 0 Å². The average Bonchev–Trinajstić information content (AvgIpc) is 3.57. The zero-order valence-electron chi connectivity index (χ0n) is 22.3. The van der Waals surface area contributed by atoms with Crippen molar-refractivity contribution in [3.05, 3.63) is 105 Å². The highest BCUT2D eigenvalue weighted by Gasteiger charge is 2.46. The molecule has 42 heavy (non-hydrogen) atoms. The van der Waals surface area contributed by atoms with E-state index in [4.69, 9.17) is 4.74 Å². The number of rotatable bonds is 10. The van der Waals surface area contributed by atoms with Gasteiger partial charge in [0, 0.05) is 9.49 Å². The largest absolute Gasteiger partial charge is 0.486 e. The maximum absolute atomic E-state index is 14.8. The number of aliphatic hydroxyl groups is 2. The Morgan fingerprint density at radius 3 is 2.29 bits per heavy atom. The third kappa shape index (κ3) is 5.87. The number of halogens is 3. The molecule has 1 aliphatic heterocycles. The van der Waals surface area contributed by atoms with Gasteiger partial charge in [-0.2, -0.15) is 0 Å². The van der Waals surface area contributed by atoms with Crippen LogP contribution in [0.25, 0.3) is 11.3 Å². The third-order valence-corrected chi connectivity index (χ3v) is 7.75. The molecule has 0 unspecified atom stereocenters. The number of aromatic nitrogens is 2.